The van der Waals surface area contributed by atoms with Crippen LogP contribution >= 0.6 is 0 Å². The summed E-state index contributed by atoms with van der Waals surface area (Å²) >= 11 is 0. The van der Waals surface area contributed by atoms with Crippen LogP contribution in [0.4, 0.5) is 10.6 Å². The van der Waals surface area contributed by atoms with E-state index in [1.807, 2.05) is 4.90 Å². The van der Waals surface area contributed by atoms with Crippen molar-refractivity contribution in [3.05, 3.63) is 18.1 Å². The maximum absolute atomic E-state index is 12.4. The number of ether oxygens (including phenoxy) is 2. The van der Waals surface area contributed by atoms with Crippen molar-refractivity contribution in [3.8, 4) is 0 Å². The van der Waals surface area contributed by atoms with E-state index < -0.39 is 0 Å². The number of aromatic nitrogens is 2. The second kappa shape index (κ2) is 9.10. The van der Waals surface area contributed by atoms with Crippen LogP contribution in [0.1, 0.15) is 44.2 Å². The number of methoxy groups -OCH3 is 1. The maximum Gasteiger partial charge on any atom is 0.323 e. The molecule has 0 spiro atoms. The molecule has 1 aromatic rings. The summed E-state index contributed by atoms with van der Waals surface area (Å²) in [5.41, 5.74) is 0.742. The van der Waals surface area contributed by atoms with Crippen LogP contribution in [0.25, 0.3) is 0 Å². The van der Waals surface area contributed by atoms with Gasteiger partial charge in [-0.2, -0.15) is 0 Å². The molecule has 2 amide bonds. The van der Waals surface area contributed by atoms with Gasteiger partial charge in [-0.1, -0.05) is 12.8 Å². The van der Waals surface area contributed by atoms with E-state index in [4.69, 9.17) is 9.47 Å². The summed E-state index contributed by atoms with van der Waals surface area (Å²) in [6.07, 6.45) is 8.85. The number of rotatable bonds is 6. The summed E-state index contributed by atoms with van der Waals surface area (Å²) in [4.78, 5) is 22.4. The molecule has 7 heteroatoms. The fraction of sp³-hybridized carbons (Fsp3) is 0.722. The molecule has 0 atom stereocenters. The Morgan fingerprint density at radius 3 is 2.72 bits per heavy atom. The summed E-state index contributed by atoms with van der Waals surface area (Å²) in [6, 6.07) is 1.62. The fourth-order valence-electron chi connectivity index (χ4n) is 3.56. The third kappa shape index (κ3) is 5.37. The largest absolute Gasteiger partial charge is 0.378 e. The average molecular weight is 348 g/mol. The molecule has 0 bridgehead atoms. The van der Waals surface area contributed by atoms with E-state index in [-0.39, 0.29) is 12.1 Å². The smallest absolute Gasteiger partial charge is 0.323 e. The number of anilines is 1. The van der Waals surface area contributed by atoms with E-state index in [2.05, 4.69) is 15.3 Å². The van der Waals surface area contributed by atoms with Crippen LogP contribution in [0.5, 0.6) is 0 Å². The first kappa shape index (κ1) is 18.1. The molecular formula is C18H28N4O3. The van der Waals surface area contributed by atoms with Gasteiger partial charge in [-0.15, -0.1) is 0 Å². The number of carbonyl (C=O) groups excluding carboxylic acids is 1. The van der Waals surface area contributed by atoms with Gasteiger partial charge >= 0.3 is 6.03 Å². The molecule has 1 N–H and O–H groups in total. The number of urea groups is 1. The minimum Gasteiger partial charge on any atom is -0.378 e. The lowest BCUT2D eigenvalue weighted by atomic mass is 10.1. The Kier molecular flexibility index (Phi) is 6.58. The van der Waals surface area contributed by atoms with Gasteiger partial charge in [-0.3, -0.25) is 5.32 Å². The van der Waals surface area contributed by atoms with Crippen molar-refractivity contribution in [2.24, 2.45) is 5.92 Å². The van der Waals surface area contributed by atoms with E-state index in [1.54, 1.807) is 13.2 Å². The van der Waals surface area contributed by atoms with Crippen molar-refractivity contribution in [2.45, 2.75) is 51.2 Å². The van der Waals surface area contributed by atoms with Gasteiger partial charge in [0.2, 0.25) is 0 Å². The minimum absolute atomic E-state index is 0.115. The first-order valence-corrected chi connectivity index (χ1v) is 9.22. The highest BCUT2D eigenvalue weighted by atomic mass is 16.5. The summed E-state index contributed by atoms with van der Waals surface area (Å²) in [7, 11) is 1.61. The van der Waals surface area contributed by atoms with Crippen molar-refractivity contribution in [2.75, 3.05) is 32.1 Å². The van der Waals surface area contributed by atoms with Gasteiger partial charge < -0.3 is 14.4 Å². The normalized spacial score (nSPS) is 19.3. The first-order valence-electron chi connectivity index (χ1n) is 9.22. The predicted octanol–water partition coefficient (Wildman–Crippen LogP) is 2.83. The van der Waals surface area contributed by atoms with Crippen molar-refractivity contribution >= 4 is 11.8 Å². The van der Waals surface area contributed by atoms with Crippen LogP contribution in [-0.4, -0.2) is 53.8 Å². The van der Waals surface area contributed by atoms with Crippen LogP contribution in [-0.2, 0) is 16.1 Å². The highest BCUT2D eigenvalue weighted by Crippen LogP contribution is 2.26. The van der Waals surface area contributed by atoms with Crippen LogP contribution in [0.3, 0.4) is 0 Å². The van der Waals surface area contributed by atoms with Gasteiger partial charge in [0.25, 0.3) is 0 Å². The Balaban J connectivity index is 1.41. The monoisotopic (exact) mass is 348 g/mol. The van der Waals surface area contributed by atoms with Crippen LogP contribution < -0.4 is 5.32 Å². The highest BCUT2D eigenvalue weighted by Gasteiger charge is 2.25. The number of nitrogens with zero attached hydrogens (tertiary/aromatic N) is 3. The zero-order valence-electron chi connectivity index (χ0n) is 14.9. The van der Waals surface area contributed by atoms with Gasteiger partial charge in [-0.05, 0) is 31.6 Å². The molecule has 1 saturated heterocycles. The Morgan fingerprint density at radius 1 is 1.24 bits per heavy atom. The number of amides is 2. The zero-order chi connectivity index (χ0) is 17.5. The third-order valence-electron chi connectivity index (χ3n) is 5.02. The van der Waals surface area contributed by atoms with Gasteiger partial charge in [-0.25, -0.2) is 14.8 Å². The standard InChI is InChI=1S/C18H28N4O3/c1-24-12-15-10-17(20-13-19-15)21-18(23)22-8-6-16(7-9-22)25-11-14-4-2-3-5-14/h10,13-14,16H,2-9,11-12H2,1H3,(H,19,20,21,23). The van der Waals surface area contributed by atoms with E-state index in [0.29, 0.717) is 12.4 Å². The molecule has 0 radical (unpaired) electrons. The quantitative estimate of drug-likeness (QED) is 0.855. The second-order valence-corrected chi connectivity index (χ2v) is 6.93. The van der Waals surface area contributed by atoms with Crippen LogP contribution in [0.2, 0.25) is 0 Å². The molecule has 1 aromatic heterocycles. The number of carbonyl (C=O) groups is 1. The van der Waals surface area contributed by atoms with Crippen LogP contribution in [0, 0.1) is 5.92 Å². The molecule has 2 fully saturated rings. The van der Waals surface area contributed by atoms with Gasteiger partial charge in [0, 0.05) is 32.9 Å². The maximum atomic E-state index is 12.4. The van der Waals surface area contributed by atoms with E-state index >= 15 is 0 Å². The van der Waals surface area contributed by atoms with Crippen molar-refractivity contribution in [1.29, 1.82) is 0 Å². The zero-order valence-corrected chi connectivity index (χ0v) is 14.9. The number of nitrogens with one attached hydrogen (secondary N) is 1. The summed E-state index contributed by atoms with van der Waals surface area (Å²) in [5.74, 6) is 1.26. The fourth-order valence-corrected chi connectivity index (χ4v) is 3.56. The van der Waals surface area contributed by atoms with E-state index in [1.165, 1.54) is 32.0 Å². The summed E-state index contributed by atoms with van der Waals surface area (Å²) < 4.78 is 11.1. The van der Waals surface area contributed by atoms with Crippen LogP contribution in [0.15, 0.2) is 12.4 Å². The lowest BCUT2D eigenvalue weighted by molar-refractivity contribution is -0.00115. The molecule has 0 unspecified atom stereocenters. The second-order valence-electron chi connectivity index (χ2n) is 6.93. The van der Waals surface area contributed by atoms with Gasteiger partial charge in [0.15, 0.2) is 0 Å². The number of hydrogen-bond acceptors (Lipinski definition) is 5. The molecule has 3 rings (SSSR count). The third-order valence-corrected chi connectivity index (χ3v) is 5.02. The average Bonchev–Trinajstić information content (AvgIpc) is 3.14. The highest BCUT2D eigenvalue weighted by molar-refractivity contribution is 5.88. The molecule has 25 heavy (non-hydrogen) atoms. The minimum atomic E-state index is -0.115. The molecule has 1 aliphatic carbocycles. The molecule has 1 aliphatic heterocycles. The van der Waals surface area contributed by atoms with Crippen molar-refractivity contribution < 1.29 is 14.3 Å². The van der Waals surface area contributed by atoms with E-state index in [9.17, 15) is 4.79 Å². The van der Waals surface area contributed by atoms with Crippen molar-refractivity contribution in [3.63, 3.8) is 0 Å². The Morgan fingerprint density at radius 2 is 2.00 bits per heavy atom. The SMILES string of the molecule is COCc1cc(NC(=O)N2CCC(OCC3CCCC3)CC2)ncn1. The molecule has 0 aromatic carbocycles. The first-order chi connectivity index (χ1) is 12.2. The number of hydrogen-bond donors (Lipinski definition) is 1. The molecule has 2 heterocycles. The molecule has 7 nitrogen and oxygen atoms in total. The van der Waals surface area contributed by atoms with Gasteiger partial charge in [0.1, 0.15) is 12.1 Å². The lowest BCUT2D eigenvalue weighted by Gasteiger charge is -2.32. The molecule has 138 valence electrons. The van der Waals surface area contributed by atoms with E-state index in [0.717, 1.165) is 44.1 Å². The predicted molar refractivity (Wildman–Crippen MR) is 94.3 cm³/mol. The Labute approximate surface area is 149 Å². The summed E-state index contributed by atoms with van der Waals surface area (Å²) in [5, 5.41) is 2.84. The Hall–Kier alpha value is -1.73. The molecule has 2 aliphatic rings. The molecule has 1 saturated carbocycles. The number of likely N-dealkylation sites (tertiary alicyclic amines) is 1. The van der Waals surface area contributed by atoms with Gasteiger partial charge in [0.05, 0.1) is 18.4 Å². The Bertz CT molecular complexity index is 555. The summed E-state index contributed by atoms with van der Waals surface area (Å²) in [6.45, 7) is 2.73. The van der Waals surface area contributed by atoms with Crippen molar-refractivity contribution in [1.82, 2.24) is 14.9 Å². The lowest BCUT2D eigenvalue weighted by Crippen LogP contribution is -2.43. The molecular weight excluding hydrogens is 320 g/mol. The topological polar surface area (TPSA) is 76.6 Å². The number of piperidine rings is 1.